The van der Waals surface area contributed by atoms with Crippen molar-refractivity contribution in [2.45, 2.75) is 18.4 Å². The molecule has 178 valence electrons. The highest BCUT2D eigenvalue weighted by Crippen LogP contribution is 2.30. The van der Waals surface area contributed by atoms with E-state index >= 15 is 0 Å². The third kappa shape index (κ3) is 5.47. The summed E-state index contributed by atoms with van der Waals surface area (Å²) in [5.74, 6) is 0.0643. The number of hydrogen-bond donors (Lipinski definition) is 1. The predicted octanol–water partition coefficient (Wildman–Crippen LogP) is 3.76. The maximum absolute atomic E-state index is 13.4. The van der Waals surface area contributed by atoms with Gasteiger partial charge in [0, 0.05) is 38.3 Å². The van der Waals surface area contributed by atoms with E-state index in [9.17, 15) is 13.2 Å². The number of ether oxygens (including phenoxy) is 1. The van der Waals surface area contributed by atoms with Crippen LogP contribution < -0.4 is 10.1 Å². The van der Waals surface area contributed by atoms with E-state index in [-0.39, 0.29) is 10.8 Å². The lowest BCUT2D eigenvalue weighted by atomic mass is 10.1. The topological polar surface area (TPSA) is 79.0 Å². The van der Waals surface area contributed by atoms with Gasteiger partial charge in [0.15, 0.2) is 0 Å². The molecule has 1 N–H and O–H groups in total. The summed E-state index contributed by atoms with van der Waals surface area (Å²) in [4.78, 5) is 15.1. The molecule has 0 aromatic heterocycles. The van der Waals surface area contributed by atoms with E-state index in [0.29, 0.717) is 43.2 Å². The van der Waals surface area contributed by atoms with Gasteiger partial charge < -0.3 is 10.1 Å². The first-order valence-corrected chi connectivity index (χ1v) is 12.6. The fourth-order valence-electron chi connectivity index (χ4n) is 3.96. The van der Waals surface area contributed by atoms with Crippen LogP contribution in [-0.2, 0) is 16.6 Å². The van der Waals surface area contributed by atoms with Crippen molar-refractivity contribution in [2.75, 3.05) is 38.6 Å². The Morgan fingerprint density at radius 1 is 0.941 bits per heavy atom. The number of aryl methyl sites for hydroxylation is 1. The lowest BCUT2D eigenvalue weighted by Crippen LogP contribution is -2.48. The van der Waals surface area contributed by atoms with Crippen molar-refractivity contribution in [1.82, 2.24) is 9.21 Å². The molecule has 3 aromatic carbocycles. The molecule has 0 bridgehead atoms. The molecule has 0 spiro atoms. The largest absolute Gasteiger partial charge is 0.495 e. The zero-order valence-electron chi connectivity index (χ0n) is 19.4. The van der Waals surface area contributed by atoms with Gasteiger partial charge in [-0.1, -0.05) is 48.0 Å². The third-order valence-electron chi connectivity index (χ3n) is 5.95. The van der Waals surface area contributed by atoms with Crippen molar-refractivity contribution < 1.29 is 17.9 Å². The van der Waals surface area contributed by atoms with Crippen LogP contribution in [0.1, 0.15) is 21.5 Å². The average molecular weight is 480 g/mol. The monoisotopic (exact) mass is 479 g/mol. The number of benzene rings is 3. The molecular weight excluding hydrogens is 450 g/mol. The second-order valence-electron chi connectivity index (χ2n) is 8.35. The van der Waals surface area contributed by atoms with Gasteiger partial charge >= 0.3 is 0 Å². The number of anilines is 1. The molecule has 0 aliphatic carbocycles. The molecule has 0 saturated carbocycles. The van der Waals surface area contributed by atoms with Crippen LogP contribution in [0.25, 0.3) is 0 Å². The first-order chi connectivity index (χ1) is 16.4. The van der Waals surface area contributed by atoms with E-state index < -0.39 is 10.0 Å². The second kappa shape index (κ2) is 10.4. The van der Waals surface area contributed by atoms with Gasteiger partial charge in [-0.25, -0.2) is 8.42 Å². The molecule has 1 aliphatic heterocycles. The maximum atomic E-state index is 13.4. The molecule has 1 amide bonds. The maximum Gasteiger partial charge on any atom is 0.255 e. The Kier molecular flexibility index (Phi) is 7.31. The fraction of sp³-hybridized carbons (Fsp3) is 0.269. The Labute approximate surface area is 201 Å². The third-order valence-corrected chi connectivity index (χ3v) is 7.85. The minimum atomic E-state index is -3.71. The predicted molar refractivity (Wildman–Crippen MR) is 133 cm³/mol. The second-order valence-corrected chi connectivity index (χ2v) is 10.3. The zero-order valence-corrected chi connectivity index (χ0v) is 20.2. The number of hydrogen-bond acceptors (Lipinski definition) is 5. The summed E-state index contributed by atoms with van der Waals surface area (Å²) in [5.41, 5.74) is 3.06. The molecule has 1 saturated heterocycles. The van der Waals surface area contributed by atoms with Crippen molar-refractivity contribution in [1.29, 1.82) is 0 Å². The molecule has 7 nitrogen and oxygen atoms in total. The van der Waals surface area contributed by atoms with Crippen molar-refractivity contribution in [3.05, 3.63) is 89.5 Å². The van der Waals surface area contributed by atoms with Crippen LogP contribution in [0.4, 0.5) is 5.69 Å². The van der Waals surface area contributed by atoms with Crippen LogP contribution in [0.2, 0.25) is 0 Å². The zero-order chi connectivity index (χ0) is 24.1. The summed E-state index contributed by atoms with van der Waals surface area (Å²) in [6.07, 6.45) is 0. The summed E-state index contributed by atoms with van der Waals surface area (Å²) < 4.78 is 33.6. The number of carbonyl (C=O) groups is 1. The number of nitrogens with zero attached hydrogens (tertiary/aromatic N) is 2. The number of methoxy groups -OCH3 is 1. The Morgan fingerprint density at radius 2 is 1.62 bits per heavy atom. The van der Waals surface area contributed by atoms with Crippen LogP contribution in [0.3, 0.4) is 0 Å². The molecule has 34 heavy (non-hydrogen) atoms. The smallest absolute Gasteiger partial charge is 0.255 e. The van der Waals surface area contributed by atoms with Crippen LogP contribution in [-0.4, -0.2) is 56.8 Å². The lowest BCUT2D eigenvalue weighted by molar-refractivity contribution is 0.102. The minimum absolute atomic E-state index is 0.129. The number of nitrogens with one attached hydrogen (secondary N) is 1. The van der Waals surface area contributed by atoms with E-state index in [1.807, 2.05) is 37.3 Å². The Hall–Kier alpha value is -3.20. The molecule has 0 radical (unpaired) electrons. The first kappa shape index (κ1) is 23.9. The Morgan fingerprint density at radius 3 is 2.26 bits per heavy atom. The summed E-state index contributed by atoms with van der Waals surface area (Å²) in [6, 6.07) is 21.9. The fourth-order valence-corrected chi connectivity index (χ4v) is 5.41. The highest BCUT2D eigenvalue weighted by Gasteiger charge is 2.29. The van der Waals surface area contributed by atoms with E-state index in [4.69, 9.17) is 4.74 Å². The quantitative estimate of drug-likeness (QED) is 0.558. The summed E-state index contributed by atoms with van der Waals surface area (Å²) in [5, 5.41) is 2.79. The van der Waals surface area contributed by atoms with Crippen LogP contribution in [0.5, 0.6) is 5.75 Å². The molecule has 4 rings (SSSR count). The van der Waals surface area contributed by atoms with Gasteiger partial charge in [0.2, 0.25) is 10.0 Å². The summed E-state index contributed by atoms with van der Waals surface area (Å²) in [7, 11) is -2.23. The molecule has 8 heteroatoms. The van der Waals surface area contributed by atoms with Crippen LogP contribution >= 0.6 is 0 Å². The van der Waals surface area contributed by atoms with Crippen molar-refractivity contribution in [3.63, 3.8) is 0 Å². The van der Waals surface area contributed by atoms with E-state index in [1.54, 1.807) is 18.2 Å². The van der Waals surface area contributed by atoms with Gasteiger partial charge in [-0.3, -0.25) is 9.69 Å². The normalized spacial score (nSPS) is 15.1. The first-order valence-electron chi connectivity index (χ1n) is 11.2. The van der Waals surface area contributed by atoms with Gasteiger partial charge in [-0.05, 0) is 42.8 Å². The van der Waals surface area contributed by atoms with E-state index in [2.05, 4.69) is 22.3 Å². The van der Waals surface area contributed by atoms with Crippen LogP contribution in [0, 0.1) is 6.92 Å². The highest BCUT2D eigenvalue weighted by molar-refractivity contribution is 7.89. The molecule has 0 atom stereocenters. The number of piperazine rings is 1. The van der Waals surface area contributed by atoms with Gasteiger partial charge in [-0.15, -0.1) is 0 Å². The highest BCUT2D eigenvalue weighted by atomic mass is 32.2. The molecule has 1 fully saturated rings. The van der Waals surface area contributed by atoms with Gasteiger partial charge in [-0.2, -0.15) is 4.31 Å². The van der Waals surface area contributed by atoms with E-state index in [0.717, 1.165) is 12.1 Å². The van der Waals surface area contributed by atoms with E-state index in [1.165, 1.54) is 29.1 Å². The average Bonchev–Trinajstić information content (AvgIpc) is 2.85. The minimum Gasteiger partial charge on any atom is -0.495 e. The van der Waals surface area contributed by atoms with Crippen molar-refractivity contribution >= 4 is 21.6 Å². The molecular formula is C26H29N3O4S. The standard InChI is InChI=1S/C26H29N3O4S/c1-20-8-10-22(11-9-20)26(30)27-24-18-23(12-13-25(24)33-2)34(31,32)29-16-14-28(15-17-29)19-21-6-4-3-5-7-21/h3-13,18H,14-17,19H2,1-2H3,(H,27,30). The number of sulfonamides is 1. The molecule has 1 heterocycles. The molecule has 3 aromatic rings. The lowest BCUT2D eigenvalue weighted by Gasteiger charge is -2.34. The van der Waals surface area contributed by atoms with Gasteiger partial charge in [0.1, 0.15) is 5.75 Å². The van der Waals surface area contributed by atoms with Gasteiger partial charge in [0.25, 0.3) is 5.91 Å². The summed E-state index contributed by atoms with van der Waals surface area (Å²) in [6.45, 7) is 4.87. The SMILES string of the molecule is COc1ccc(S(=O)(=O)N2CCN(Cc3ccccc3)CC2)cc1NC(=O)c1ccc(C)cc1. The van der Waals surface area contributed by atoms with Crippen molar-refractivity contribution in [2.24, 2.45) is 0 Å². The number of amides is 1. The number of carbonyl (C=O) groups excluding carboxylic acids is 1. The van der Waals surface area contributed by atoms with Gasteiger partial charge in [0.05, 0.1) is 17.7 Å². The Bertz CT molecular complexity index is 1240. The van der Waals surface area contributed by atoms with Crippen LogP contribution in [0.15, 0.2) is 77.7 Å². The summed E-state index contributed by atoms with van der Waals surface area (Å²) >= 11 is 0. The Balaban J connectivity index is 1.47. The van der Waals surface area contributed by atoms with Crippen molar-refractivity contribution in [3.8, 4) is 5.75 Å². The molecule has 1 aliphatic rings. The molecule has 0 unspecified atom stereocenters. The number of rotatable bonds is 7.